The van der Waals surface area contributed by atoms with E-state index < -0.39 is 17.1 Å². The molecule has 2 aromatic heterocycles. The number of nitrogen functional groups attached to an aromatic ring is 1. The van der Waals surface area contributed by atoms with E-state index in [0.29, 0.717) is 49.7 Å². The van der Waals surface area contributed by atoms with E-state index in [0.717, 1.165) is 68.5 Å². The van der Waals surface area contributed by atoms with Crippen LogP contribution in [0.3, 0.4) is 0 Å². The smallest absolute Gasteiger partial charge is 0.146 e. The summed E-state index contributed by atoms with van der Waals surface area (Å²) in [6, 6.07) is 9.08. The third-order valence-corrected chi connectivity index (χ3v) is 9.12. The van der Waals surface area contributed by atoms with Gasteiger partial charge in [0.25, 0.3) is 0 Å². The molecule has 230 valence electrons. The van der Waals surface area contributed by atoms with E-state index >= 15 is 4.39 Å². The molecule has 0 radical (unpaired) electrons. The second kappa shape index (κ2) is 13.7. The number of rotatable bonds is 4. The molecule has 3 heterocycles. The fraction of sp³-hybridized carbons (Fsp3) is 0.379. The van der Waals surface area contributed by atoms with Gasteiger partial charge in [-0.2, -0.15) is 0 Å². The molecule has 0 spiro atoms. The fourth-order valence-electron chi connectivity index (χ4n) is 6.18. The summed E-state index contributed by atoms with van der Waals surface area (Å²) in [7, 11) is 2.19. The lowest BCUT2D eigenvalue weighted by molar-refractivity contribution is 0.0828. The number of halogens is 4. The SMILES string of the molecule is CN1CCN(C2CCC(n3cc(-c4ccc(-c5c(Cl)cc(Cl)cc5Cl)c(F)c4)c4c(N)ncnc43)CC2)CC1.NS(=O)[O-]. The number of benzene rings is 2. The first kappa shape index (κ1) is 32.1. The van der Waals surface area contributed by atoms with Gasteiger partial charge >= 0.3 is 0 Å². The molecule has 1 aliphatic heterocycles. The molecule has 1 aliphatic carbocycles. The van der Waals surface area contributed by atoms with E-state index in [-0.39, 0.29) is 0 Å². The van der Waals surface area contributed by atoms with Gasteiger partial charge in [-0.25, -0.2) is 14.4 Å². The normalized spacial score (nSPS) is 20.5. The number of hydrogen-bond donors (Lipinski definition) is 2. The Bertz CT molecular complexity index is 1610. The van der Waals surface area contributed by atoms with E-state index in [4.69, 9.17) is 49.3 Å². The van der Waals surface area contributed by atoms with Crippen LogP contribution in [0, 0.1) is 5.82 Å². The summed E-state index contributed by atoms with van der Waals surface area (Å²) in [5.41, 5.74) is 9.37. The quantitative estimate of drug-likeness (QED) is 0.259. The van der Waals surface area contributed by atoms with Gasteiger partial charge in [0.2, 0.25) is 0 Å². The zero-order valence-corrected chi connectivity index (χ0v) is 26.6. The molecule has 1 unspecified atom stereocenters. The zero-order valence-electron chi connectivity index (χ0n) is 23.5. The van der Waals surface area contributed by atoms with Crippen molar-refractivity contribution in [1.29, 1.82) is 0 Å². The molecule has 9 nitrogen and oxygen atoms in total. The fourth-order valence-corrected chi connectivity index (χ4v) is 7.20. The average Bonchev–Trinajstić information content (AvgIpc) is 3.35. The van der Waals surface area contributed by atoms with Crippen LogP contribution >= 0.6 is 34.8 Å². The molecule has 2 aromatic carbocycles. The highest BCUT2D eigenvalue weighted by Crippen LogP contribution is 2.42. The minimum absolute atomic E-state index is 0.292. The number of piperazine rings is 1. The summed E-state index contributed by atoms with van der Waals surface area (Å²) in [6.07, 6.45) is 7.98. The van der Waals surface area contributed by atoms with Crippen LogP contribution in [0.1, 0.15) is 31.7 Å². The highest BCUT2D eigenvalue weighted by atomic mass is 35.5. The van der Waals surface area contributed by atoms with E-state index in [1.54, 1.807) is 18.2 Å². The molecular weight excluding hydrogens is 636 g/mol. The lowest BCUT2D eigenvalue weighted by atomic mass is 9.89. The first-order valence-corrected chi connectivity index (χ1v) is 16.1. The van der Waals surface area contributed by atoms with Crippen LogP contribution in [-0.4, -0.2) is 72.4 Å². The van der Waals surface area contributed by atoms with Crippen LogP contribution < -0.4 is 10.9 Å². The van der Waals surface area contributed by atoms with Crippen LogP contribution in [0.15, 0.2) is 42.9 Å². The third-order valence-electron chi connectivity index (χ3n) is 8.31. The van der Waals surface area contributed by atoms with Crippen molar-refractivity contribution < 1.29 is 13.2 Å². The number of aromatic nitrogens is 3. The van der Waals surface area contributed by atoms with Crippen LogP contribution in [0.5, 0.6) is 0 Å². The summed E-state index contributed by atoms with van der Waals surface area (Å²) in [5, 5.41) is 5.75. The van der Waals surface area contributed by atoms with Crippen LogP contribution in [-0.2, 0) is 11.3 Å². The van der Waals surface area contributed by atoms with Gasteiger partial charge in [-0.1, -0.05) is 46.9 Å². The molecule has 1 saturated carbocycles. The first-order chi connectivity index (χ1) is 20.5. The summed E-state index contributed by atoms with van der Waals surface area (Å²) in [4.78, 5) is 13.9. The summed E-state index contributed by atoms with van der Waals surface area (Å²) in [5.74, 6) is -0.0595. The standard InChI is InChI=1S/C29H30Cl3FN6.H3NO2S/c1-37-8-10-38(11-9-37)19-3-5-20(6-4-19)39-15-22(27-28(34)35-16-36-29(27)39)17-2-7-21(25(33)12-17)26-23(31)13-18(30)14-24(26)32;1-4(2)3/h2,7,12-16,19-20H,3-6,8-11H2,1H3,(H2,34,35,36);1H2,(H,2,3)/p-1. The van der Waals surface area contributed by atoms with Crippen molar-refractivity contribution in [3.8, 4) is 22.3 Å². The van der Waals surface area contributed by atoms with Gasteiger partial charge in [0.1, 0.15) is 23.6 Å². The number of anilines is 1. The van der Waals surface area contributed by atoms with Crippen molar-refractivity contribution in [3.63, 3.8) is 0 Å². The van der Waals surface area contributed by atoms with Gasteiger partial charge < -0.3 is 19.8 Å². The van der Waals surface area contributed by atoms with Gasteiger partial charge in [-0.05, 0) is 56.5 Å². The topological polar surface area (TPSA) is 129 Å². The van der Waals surface area contributed by atoms with Gasteiger partial charge in [0.15, 0.2) is 0 Å². The van der Waals surface area contributed by atoms with E-state index in [2.05, 4.69) is 42.7 Å². The minimum Gasteiger partial charge on any atom is -0.760 e. The maximum atomic E-state index is 15.6. The summed E-state index contributed by atoms with van der Waals surface area (Å²) < 4.78 is 35.3. The average molecular weight is 668 g/mol. The second-order valence-corrected chi connectivity index (χ2v) is 12.7. The summed E-state index contributed by atoms with van der Waals surface area (Å²) >= 11 is 16.4. The van der Waals surface area contributed by atoms with E-state index in [9.17, 15) is 0 Å². The van der Waals surface area contributed by atoms with Crippen molar-refractivity contribution in [2.75, 3.05) is 39.0 Å². The molecule has 43 heavy (non-hydrogen) atoms. The third kappa shape index (κ3) is 7.15. The van der Waals surface area contributed by atoms with Crippen LogP contribution in [0.25, 0.3) is 33.3 Å². The Labute approximate surface area is 267 Å². The second-order valence-electron chi connectivity index (χ2n) is 10.9. The molecule has 2 aliphatic rings. The Morgan fingerprint density at radius 2 is 1.56 bits per heavy atom. The molecule has 0 amide bonds. The van der Waals surface area contributed by atoms with Crippen LogP contribution in [0.2, 0.25) is 15.1 Å². The van der Waals surface area contributed by atoms with Crippen molar-refractivity contribution in [2.24, 2.45) is 5.14 Å². The molecule has 2 fully saturated rings. The van der Waals surface area contributed by atoms with Gasteiger partial charge in [-0.15, -0.1) is 0 Å². The maximum Gasteiger partial charge on any atom is 0.146 e. The molecule has 0 bridgehead atoms. The van der Waals surface area contributed by atoms with Crippen molar-refractivity contribution in [3.05, 3.63) is 63.7 Å². The van der Waals surface area contributed by atoms with Crippen molar-refractivity contribution in [2.45, 2.75) is 37.8 Å². The Morgan fingerprint density at radius 3 is 2.16 bits per heavy atom. The predicted octanol–water partition coefficient (Wildman–Crippen LogP) is 5.92. The highest BCUT2D eigenvalue weighted by molar-refractivity contribution is 7.76. The minimum atomic E-state index is -2.36. The Hall–Kier alpha value is -2.35. The van der Waals surface area contributed by atoms with Gasteiger partial charge in [-0.3, -0.25) is 14.2 Å². The predicted molar refractivity (Wildman–Crippen MR) is 171 cm³/mol. The zero-order chi connectivity index (χ0) is 30.8. The molecule has 4 N–H and O–H groups in total. The number of hydrogen-bond acceptors (Lipinski definition) is 7. The molecule has 1 atom stereocenters. The monoisotopic (exact) mass is 666 g/mol. The largest absolute Gasteiger partial charge is 0.760 e. The van der Waals surface area contributed by atoms with Crippen LogP contribution in [0.4, 0.5) is 10.2 Å². The molecule has 4 aromatic rings. The molecule has 6 rings (SSSR count). The van der Waals surface area contributed by atoms with Gasteiger partial charge in [0, 0.05) is 77.4 Å². The van der Waals surface area contributed by atoms with Crippen molar-refractivity contribution >= 4 is 62.9 Å². The number of nitrogens with zero attached hydrogens (tertiary/aromatic N) is 5. The molecular formula is C29H32Cl3FN7O2S-. The number of fused-ring (bicyclic) bond motifs is 1. The Balaban J connectivity index is 0.000000868. The first-order valence-electron chi connectivity index (χ1n) is 13.9. The Kier molecular flexibility index (Phi) is 10.2. The Morgan fingerprint density at radius 1 is 0.953 bits per heavy atom. The molecule has 14 heteroatoms. The lowest BCUT2D eigenvalue weighted by Gasteiger charge is -2.41. The number of likely N-dealkylation sites (N-methyl/N-ethyl adjacent to an activating group) is 1. The van der Waals surface area contributed by atoms with E-state index in [1.165, 1.54) is 12.4 Å². The van der Waals surface area contributed by atoms with E-state index in [1.807, 2.05) is 6.07 Å². The lowest BCUT2D eigenvalue weighted by Crippen LogP contribution is -2.49. The molecule has 1 saturated heterocycles. The summed E-state index contributed by atoms with van der Waals surface area (Å²) in [6.45, 7) is 4.54. The van der Waals surface area contributed by atoms with Crippen molar-refractivity contribution in [1.82, 2.24) is 24.3 Å². The maximum absolute atomic E-state index is 15.6. The number of nitrogens with two attached hydrogens (primary N) is 2. The highest BCUT2D eigenvalue weighted by Gasteiger charge is 2.30. The van der Waals surface area contributed by atoms with Gasteiger partial charge in [0.05, 0.1) is 15.4 Å².